The Bertz CT molecular complexity index is 752. The van der Waals surface area contributed by atoms with Crippen molar-refractivity contribution in [2.24, 2.45) is 12.5 Å². The first-order chi connectivity index (χ1) is 11.8. The van der Waals surface area contributed by atoms with Gasteiger partial charge >= 0.3 is 5.97 Å². The monoisotopic (exact) mass is 468 g/mol. The molecule has 0 radical (unpaired) electrons. The predicted octanol–water partition coefficient (Wildman–Crippen LogP) is -0.561. The maximum Gasteiger partial charge on any atom is 0.316 e. The first kappa shape index (κ1) is 22.1. The van der Waals surface area contributed by atoms with E-state index in [0.29, 0.717) is 24.3 Å². The zero-order valence-corrected chi connectivity index (χ0v) is 17.7. The quantitative estimate of drug-likeness (QED) is 0.277. The number of carbonyl (C=O) groups is 2. The maximum atomic E-state index is 12.1. The van der Waals surface area contributed by atoms with Gasteiger partial charge in [0, 0.05) is 12.6 Å². The van der Waals surface area contributed by atoms with Gasteiger partial charge in [0.05, 0.1) is 5.41 Å². The van der Waals surface area contributed by atoms with E-state index in [4.69, 9.17) is 4.74 Å². The van der Waals surface area contributed by atoms with Gasteiger partial charge < -0.3 is 34.0 Å². The van der Waals surface area contributed by atoms with Gasteiger partial charge in [0.25, 0.3) is 5.91 Å². The average Bonchev–Trinajstić information content (AvgIpc) is 2.55. The molecule has 0 atom stereocenters. The number of carbonyl (C=O) groups excluding carboxylic acids is 2. The largest absolute Gasteiger partial charge is 1.00 e. The van der Waals surface area contributed by atoms with Crippen LogP contribution in [-0.2, 0) is 18.3 Å². The highest BCUT2D eigenvalue weighted by Crippen LogP contribution is 2.19. The molecule has 0 spiro atoms. The number of halogens is 1. The van der Waals surface area contributed by atoms with E-state index in [1.165, 1.54) is 0 Å². The molecule has 140 valence electrons. The third-order valence-electron chi connectivity index (χ3n) is 3.65. The van der Waals surface area contributed by atoms with Crippen molar-refractivity contribution in [1.29, 1.82) is 0 Å². The predicted molar refractivity (Wildman–Crippen MR) is 95.2 cm³/mol. The molecule has 2 rings (SSSR count). The molecule has 1 amide bonds. The van der Waals surface area contributed by atoms with Crippen LogP contribution in [0.5, 0.6) is 5.75 Å². The lowest BCUT2D eigenvalue weighted by Crippen LogP contribution is -3.00. The van der Waals surface area contributed by atoms with Crippen molar-refractivity contribution >= 4 is 11.9 Å². The van der Waals surface area contributed by atoms with E-state index >= 15 is 0 Å². The van der Waals surface area contributed by atoms with Crippen LogP contribution in [0.25, 0.3) is 0 Å². The van der Waals surface area contributed by atoms with E-state index in [0.717, 1.165) is 5.56 Å². The van der Waals surface area contributed by atoms with Gasteiger partial charge in [-0.3, -0.25) is 9.59 Å². The summed E-state index contributed by atoms with van der Waals surface area (Å²) < 4.78 is 7.17. The number of aromatic nitrogens is 1. The first-order valence-corrected chi connectivity index (χ1v) is 8.30. The Morgan fingerprint density at radius 3 is 2.35 bits per heavy atom. The molecule has 0 unspecified atom stereocenters. The number of esters is 1. The molecule has 0 saturated heterocycles. The van der Waals surface area contributed by atoms with Gasteiger partial charge in [0.2, 0.25) is 0 Å². The summed E-state index contributed by atoms with van der Waals surface area (Å²) in [5.41, 5.74) is 1.17. The highest BCUT2D eigenvalue weighted by molar-refractivity contribution is 5.93. The lowest BCUT2D eigenvalue weighted by atomic mass is 9.97. The molecule has 0 aliphatic carbocycles. The molecule has 0 fully saturated rings. The lowest BCUT2D eigenvalue weighted by molar-refractivity contribution is -0.671. The Balaban J connectivity index is 0.00000338. The Kier molecular flexibility index (Phi) is 8.20. The number of rotatable bonds is 5. The molecule has 5 nitrogen and oxygen atoms in total. The normalized spacial score (nSPS) is 10.6. The van der Waals surface area contributed by atoms with Gasteiger partial charge in [-0.25, -0.2) is 4.57 Å². The molecule has 1 N–H and O–H groups in total. The van der Waals surface area contributed by atoms with Crippen LogP contribution in [0.3, 0.4) is 0 Å². The molecule has 1 heterocycles. The second-order valence-electron chi connectivity index (χ2n) is 7.05. The molecule has 0 aliphatic rings. The number of ether oxygens (including phenoxy) is 1. The number of aryl methyl sites for hydroxylation is 1. The zero-order chi connectivity index (χ0) is 18.4. The van der Waals surface area contributed by atoms with Crippen molar-refractivity contribution in [2.45, 2.75) is 27.2 Å². The van der Waals surface area contributed by atoms with Gasteiger partial charge in [-0.15, -0.1) is 0 Å². The molecular weight excluding hydrogens is 443 g/mol. The number of pyridine rings is 1. The fourth-order valence-corrected chi connectivity index (χ4v) is 2.13. The number of hydrogen-bond acceptors (Lipinski definition) is 3. The van der Waals surface area contributed by atoms with Gasteiger partial charge in [-0.1, -0.05) is 12.1 Å². The summed E-state index contributed by atoms with van der Waals surface area (Å²) >= 11 is 0. The van der Waals surface area contributed by atoms with E-state index < -0.39 is 5.41 Å². The summed E-state index contributed by atoms with van der Waals surface area (Å²) in [6.45, 7) is 6.00. The smallest absolute Gasteiger partial charge is 0.316 e. The topological polar surface area (TPSA) is 59.3 Å². The van der Waals surface area contributed by atoms with E-state index in [-0.39, 0.29) is 35.9 Å². The Hall–Kier alpha value is -1.96. The van der Waals surface area contributed by atoms with Crippen molar-refractivity contribution in [3.8, 4) is 5.75 Å². The summed E-state index contributed by atoms with van der Waals surface area (Å²) in [7, 11) is 1.88. The lowest BCUT2D eigenvalue weighted by Gasteiger charge is -2.16. The molecule has 2 aromatic rings. The molecule has 1 aromatic heterocycles. The third-order valence-corrected chi connectivity index (χ3v) is 3.65. The van der Waals surface area contributed by atoms with Crippen LogP contribution in [0, 0.1) is 5.41 Å². The van der Waals surface area contributed by atoms with Crippen molar-refractivity contribution in [2.75, 3.05) is 6.54 Å². The average molecular weight is 468 g/mol. The summed E-state index contributed by atoms with van der Waals surface area (Å²) in [4.78, 5) is 23.9. The van der Waals surface area contributed by atoms with Gasteiger partial charge in [0.1, 0.15) is 18.4 Å². The van der Waals surface area contributed by atoms with Crippen LogP contribution in [0.1, 0.15) is 36.7 Å². The molecule has 0 saturated carbocycles. The minimum absolute atomic E-state index is 0. The zero-order valence-electron chi connectivity index (χ0n) is 15.6. The van der Waals surface area contributed by atoms with Crippen LogP contribution in [-0.4, -0.2) is 18.4 Å². The Morgan fingerprint density at radius 2 is 1.77 bits per heavy atom. The number of hydrogen-bond donors (Lipinski definition) is 1. The highest BCUT2D eigenvalue weighted by Gasteiger charge is 2.23. The Labute approximate surface area is 171 Å². The van der Waals surface area contributed by atoms with E-state index in [9.17, 15) is 9.59 Å². The van der Waals surface area contributed by atoms with Crippen LogP contribution < -0.4 is 38.6 Å². The second-order valence-corrected chi connectivity index (χ2v) is 7.05. The molecule has 26 heavy (non-hydrogen) atoms. The summed E-state index contributed by atoms with van der Waals surface area (Å²) in [5.74, 6) is 0.181. The number of amides is 1. The van der Waals surface area contributed by atoms with E-state index in [2.05, 4.69) is 5.32 Å². The van der Waals surface area contributed by atoms with Gasteiger partial charge in [-0.05, 0) is 51.0 Å². The highest BCUT2D eigenvalue weighted by atomic mass is 127. The molecule has 0 aliphatic heterocycles. The maximum absolute atomic E-state index is 12.1. The minimum atomic E-state index is -0.531. The molecule has 1 aromatic carbocycles. The Morgan fingerprint density at radius 1 is 1.12 bits per heavy atom. The standard InChI is InChI=1S/C20H24N2O3.HI/c1-20(2,3)19(24)25-17-9-7-15(8-10-17)11-12-21-18(23)16-6-5-13-22(4)14-16;/h5-10,13-14H,11-12H2,1-4H3;1H. The van der Waals surface area contributed by atoms with Gasteiger partial charge in [-0.2, -0.15) is 0 Å². The SMILES string of the molecule is C[n+]1cccc(C(=O)NCCc2ccc(OC(=O)C(C)(C)C)cc2)c1.[I-]. The fraction of sp³-hybridized carbons (Fsp3) is 0.350. The van der Waals surface area contributed by atoms with Crippen molar-refractivity contribution in [1.82, 2.24) is 5.32 Å². The second kappa shape index (κ2) is 9.66. The van der Waals surface area contributed by atoms with Crippen LogP contribution in [0.4, 0.5) is 0 Å². The molecular formula is C20H25IN2O3. The number of nitrogens with zero attached hydrogens (tertiary/aromatic N) is 1. The van der Waals surface area contributed by atoms with Crippen LogP contribution >= 0.6 is 0 Å². The van der Waals surface area contributed by atoms with Crippen LogP contribution in [0.15, 0.2) is 48.8 Å². The minimum Gasteiger partial charge on any atom is -1.00 e. The van der Waals surface area contributed by atoms with E-state index in [1.807, 2.05) is 56.8 Å². The van der Waals surface area contributed by atoms with Crippen molar-refractivity contribution < 1.29 is 42.9 Å². The fourth-order valence-electron chi connectivity index (χ4n) is 2.13. The third kappa shape index (κ3) is 6.74. The van der Waals surface area contributed by atoms with Crippen LogP contribution in [0.2, 0.25) is 0 Å². The number of benzene rings is 1. The number of nitrogens with one attached hydrogen (secondary N) is 1. The molecule has 0 bridgehead atoms. The van der Waals surface area contributed by atoms with Crippen molar-refractivity contribution in [3.05, 3.63) is 59.9 Å². The first-order valence-electron chi connectivity index (χ1n) is 8.30. The van der Waals surface area contributed by atoms with Crippen molar-refractivity contribution in [3.63, 3.8) is 0 Å². The summed E-state index contributed by atoms with van der Waals surface area (Å²) in [5, 5.41) is 2.90. The molecule has 6 heteroatoms. The van der Waals surface area contributed by atoms with Gasteiger partial charge in [0.15, 0.2) is 12.4 Å². The van der Waals surface area contributed by atoms with E-state index in [1.54, 1.807) is 24.4 Å². The summed E-state index contributed by atoms with van der Waals surface area (Å²) in [6, 6.07) is 11.0. The summed E-state index contributed by atoms with van der Waals surface area (Å²) in [6.07, 6.45) is 4.37.